The van der Waals surface area contributed by atoms with E-state index in [1.807, 2.05) is 12.1 Å². The molecule has 2 aromatic rings. The van der Waals surface area contributed by atoms with E-state index in [0.717, 1.165) is 35.3 Å². The van der Waals surface area contributed by atoms with E-state index in [2.05, 4.69) is 11.4 Å². The van der Waals surface area contributed by atoms with Crippen molar-refractivity contribution in [1.82, 2.24) is 0 Å². The molecule has 1 aliphatic rings. The molecular formula is C13H13NO2. The molecule has 0 saturated carbocycles. The lowest BCUT2D eigenvalue weighted by Gasteiger charge is -2.08. The second kappa shape index (κ2) is 3.67. The van der Waals surface area contributed by atoms with Crippen LogP contribution in [-0.4, -0.2) is 6.41 Å². The summed E-state index contributed by atoms with van der Waals surface area (Å²) in [7, 11) is 0. The number of hydrogen-bond acceptors (Lipinski definition) is 2. The Bertz CT molecular complexity index is 542. The van der Waals surface area contributed by atoms with Crippen molar-refractivity contribution in [3.8, 4) is 0 Å². The predicted molar refractivity (Wildman–Crippen MR) is 62.5 cm³/mol. The number of carbonyl (C=O) groups is 1. The van der Waals surface area contributed by atoms with Crippen molar-refractivity contribution in [3.05, 3.63) is 29.5 Å². The summed E-state index contributed by atoms with van der Waals surface area (Å²) in [5.74, 6) is 1.10. The van der Waals surface area contributed by atoms with Gasteiger partial charge in [-0.2, -0.15) is 0 Å². The summed E-state index contributed by atoms with van der Waals surface area (Å²) in [6, 6.07) is 5.89. The minimum absolute atomic E-state index is 0.691. The molecule has 1 aliphatic carbocycles. The van der Waals surface area contributed by atoms with Crippen molar-refractivity contribution < 1.29 is 9.21 Å². The largest absolute Gasteiger partial charge is 0.459 e. The fourth-order valence-electron chi connectivity index (χ4n) is 2.46. The van der Waals surface area contributed by atoms with E-state index in [-0.39, 0.29) is 0 Å². The number of anilines is 1. The minimum Gasteiger partial charge on any atom is -0.459 e. The molecule has 1 aromatic carbocycles. The van der Waals surface area contributed by atoms with Gasteiger partial charge in [-0.1, -0.05) is 12.1 Å². The van der Waals surface area contributed by atoms with Gasteiger partial charge in [0.05, 0.1) is 5.69 Å². The van der Waals surface area contributed by atoms with Gasteiger partial charge in [0.1, 0.15) is 5.76 Å². The number of furan rings is 1. The molecule has 0 spiro atoms. The molecule has 0 aliphatic heterocycles. The van der Waals surface area contributed by atoms with Crippen LogP contribution in [0.25, 0.3) is 11.0 Å². The molecule has 0 radical (unpaired) electrons. The maximum atomic E-state index is 10.5. The first-order valence-corrected chi connectivity index (χ1v) is 5.63. The SMILES string of the molecule is O=CNc1cccc2c3c(oc12)CCCC3. The third-order valence-electron chi connectivity index (χ3n) is 3.20. The molecule has 3 rings (SSSR count). The van der Waals surface area contributed by atoms with Crippen LogP contribution in [0.1, 0.15) is 24.2 Å². The van der Waals surface area contributed by atoms with Crippen LogP contribution in [-0.2, 0) is 17.6 Å². The van der Waals surface area contributed by atoms with Crippen molar-refractivity contribution in [2.75, 3.05) is 5.32 Å². The average molecular weight is 215 g/mol. The number of fused-ring (bicyclic) bond motifs is 3. The maximum absolute atomic E-state index is 10.5. The number of nitrogens with one attached hydrogen (secondary N) is 1. The molecular weight excluding hydrogens is 202 g/mol. The van der Waals surface area contributed by atoms with Crippen LogP contribution in [0.2, 0.25) is 0 Å². The van der Waals surface area contributed by atoms with Crippen LogP contribution in [0.3, 0.4) is 0 Å². The number of carbonyl (C=O) groups excluding carboxylic acids is 1. The maximum Gasteiger partial charge on any atom is 0.211 e. The summed E-state index contributed by atoms with van der Waals surface area (Å²) in [5, 5.41) is 3.84. The van der Waals surface area contributed by atoms with Gasteiger partial charge in [-0.3, -0.25) is 4.79 Å². The Labute approximate surface area is 93.4 Å². The first kappa shape index (κ1) is 9.46. The zero-order chi connectivity index (χ0) is 11.0. The van der Waals surface area contributed by atoms with Crippen LogP contribution in [0.4, 0.5) is 5.69 Å². The molecule has 16 heavy (non-hydrogen) atoms. The summed E-state index contributed by atoms with van der Waals surface area (Å²) in [5.41, 5.74) is 2.92. The van der Waals surface area contributed by atoms with Crippen molar-refractivity contribution >= 4 is 23.1 Å². The van der Waals surface area contributed by atoms with Crippen molar-refractivity contribution in [2.24, 2.45) is 0 Å². The fraction of sp³-hybridized carbons (Fsp3) is 0.308. The first-order valence-electron chi connectivity index (χ1n) is 5.63. The topological polar surface area (TPSA) is 42.2 Å². The number of benzene rings is 1. The van der Waals surface area contributed by atoms with Crippen LogP contribution < -0.4 is 5.32 Å². The Morgan fingerprint density at radius 3 is 3.00 bits per heavy atom. The molecule has 3 heteroatoms. The van der Waals surface area contributed by atoms with Gasteiger partial charge in [0.25, 0.3) is 0 Å². The van der Waals surface area contributed by atoms with Crippen LogP contribution in [0.5, 0.6) is 0 Å². The molecule has 0 atom stereocenters. The van der Waals surface area contributed by atoms with Crippen LogP contribution in [0, 0.1) is 0 Å². The molecule has 0 saturated heterocycles. The molecule has 0 bridgehead atoms. The smallest absolute Gasteiger partial charge is 0.211 e. The third kappa shape index (κ3) is 1.32. The van der Waals surface area contributed by atoms with E-state index in [4.69, 9.17) is 4.42 Å². The standard InChI is InChI=1S/C13H13NO2/c15-8-14-11-6-3-5-10-9-4-1-2-7-12(9)16-13(10)11/h3,5-6,8H,1-2,4,7H2,(H,14,15). The highest BCUT2D eigenvalue weighted by Gasteiger charge is 2.18. The monoisotopic (exact) mass is 215 g/mol. The molecule has 0 unspecified atom stereocenters. The van der Waals surface area contributed by atoms with Gasteiger partial charge in [0, 0.05) is 17.4 Å². The highest BCUT2D eigenvalue weighted by molar-refractivity contribution is 5.95. The van der Waals surface area contributed by atoms with E-state index >= 15 is 0 Å². The zero-order valence-electron chi connectivity index (χ0n) is 8.95. The Morgan fingerprint density at radius 2 is 2.12 bits per heavy atom. The normalized spacial score (nSPS) is 14.8. The molecule has 1 amide bonds. The number of amides is 1. The molecule has 1 N–H and O–H groups in total. The van der Waals surface area contributed by atoms with Gasteiger partial charge in [-0.15, -0.1) is 0 Å². The van der Waals surface area contributed by atoms with Gasteiger partial charge in [-0.05, 0) is 25.3 Å². The van der Waals surface area contributed by atoms with Gasteiger partial charge in [-0.25, -0.2) is 0 Å². The summed E-state index contributed by atoms with van der Waals surface area (Å²) in [6.45, 7) is 0. The highest BCUT2D eigenvalue weighted by Crippen LogP contribution is 2.35. The van der Waals surface area contributed by atoms with Crippen LogP contribution in [0.15, 0.2) is 22.6 Å². The number of aryl methyl sites for hydroxylation is 2. The summed E-state index contributed by atoms with van der Waals surface area (Å²) >= 11 is 0. The fourth-order valence-corrected chi connectivity index (χ4v) is 2.46. The van der Waals surface area contributed by atoms with Crippen molar-refractivity contribution in [1.29, 1.82) is 0 Å². The quantitative estimate of drug-likeness (QED) is 0.783. The second-order valence-electron chi connectivity index (χ2n) is 4.16. The van der Waals surface area contributed by atoms with E-state index < -0.39 is 0 Å². The Morgan fingerprint density at radius 1 is 1.25 bits per heavy atom. The summed E-state index contributed by atoms with van der Waals surface area (Å²) in [6.07, 6.45) is 5.23. The number of rotatable bonds is 2. The molecule has 1 heterocycles. The van der Waals surface area contributed by atoms with Gasteiger partial charge in [0.15, 0.2) is 5.58 Å². The van der Waals surface area contributed by atoms with Crippen molar-refractivity contribution in [3.63, 3.8) is 0 Å². The molecule has 82 valence electrons. The lowest BCUT2D eigenvalue weighted by molar-refractivity contribution is -0.105. The molecule has 1 aromatic heterocycles. The minimum atomic E-state index is 0.691. The van der Waals surface area contributed by atoms with E-state index in [1.54, 1.807) is 0 Å². The van der Waals surface area contributed by atoms with E-state index in [9.17, 15) is 4.79 Å². The zero-order valence-corrected chi connectivity index (χ0v) is 8.95. The predicted octanol–water partition coefficient (Wildman–Crippen LogP) is 2.88. The lowest BCUT2D eigenvalue weighted by Crippen LogP contribution is -1.98. The number of para-hydroxylation sites is 1. The summed E-state index contributed by atoms with van der Waals surface area (Å²) < 4.78 is 5.85. The average Bonchev–Trinajstić information content (AvgIpc) is 2.69. The number of hydrogen-bond donors (Lipinski definition) is 1. The van der Waals surface area contributed by atoms with Crippen LogP contribution >= 0.6 is 0 Å². The lowest BCUT2D eigenvalue weighted by atomic mass is 9.96. The van der Waals surface area contributed by atoms with Gasteiger partial charge < -0.3 is 9.73 Å². The molecule has 3 nitrogen and oxygen atoms in total. The Hall–Kier alpha value is -1.77. The van der Waals surface area contributed by atoms with Gasteiger partial charge in [0.2, 0.25) is 6.41 Å². The molecule has 0 fully saturated rings. The van der Waals surface area contributed by atoms with E-state index in [0.29, 0.717) is 6.41 Å². The van der Waals surface area contributed by atoms with Crippen molar-refractivity contribution in [2.45, 2.75) is 25.7 Å². The highest BCUT2D eigenvalue weighted by atomic mass is 16.3. The third-order valence-corrected chi connectivity index (χ3v) is 3.20. The first-order chi connectivity index (χ1) is 7.90. The second-order valence-corrected chi connectivity index (χ2v) is 4.16. The van der Waals surface area contributed by atoms with Gasteiger partial charge >= 0.3 is 0 Å². The van der Waals surface area contributed by atoms with E-state index in [1.165, 1.54) is 18.4 Å². The summed E-state index contributed by atoms with van der Waals surface area (Å²) in [4.78, 5) is 10.5. The Kier molecular flexibility index (Phi) is 2.17. The Balaban J connectivity index is 2.24.